The molecule has 4 rings (SSSR count). The molecule has 1 N–H and O–H groups in total. The first-order valence-corrected chi connectivity index (χ1v) is 10.4. The lowest BCUT2D eigenvalue weighted by molar-refractivity contribution is -0.731. The number of rotatable bonds is 8. The quantitative estimate of drug-likeness (QED) is 0.350. The number of thiazole rings is 1. The Morgan fingerprint density at radius 2 is 2.00 bits per heavy atom. The van der Waals surface area contributed by atoms with Gasteiger partial charge in [0.25, 0.3) is 0 Å². The van der Waals surface area contributed by atoms with Gasteiger partial charge in [-0.25, -0.2) is 4.98 Å². The van der Waals surface area contributed by atoms with Gasteiger partial charge < -0.3 is 25.0 Å². The van der Waals surface area contributed by atoms with Crippen molar-refractivity contribution in [2.24, 2.45) is 0 Å². The molecule has 3 aromatic rings. The summed E-state index contributed by atoms with van der Waals surface area (Å²) in [6, 6.07) is 13.4. The first kappa shape index (κ1) is 18.5. The van der Waals surface area contributed by atoms with Crippen molar-refractivity contribution < 1.29 is 19.7 Å². The van der Waals surface area contributed by atoms with Crippen molar-refractivity contribution in [3.63, 3.8) is 0 Å². The lowest BCUT2D eigenvalue weighted by Gasteiger charge is -2.49. The van der Waals surface area contributed by atoms with Gasteiger partial charge >= 0.3 is 0 Å². The van der Waals surface area contributed by atoms with E-state index in [1.807, 2.05) is 30.3 Å². The van der Waals surface area contributed by atoms with Crippen LogP contribution in [0.5, 0.6) is 11.5 Å². The molecule has 0 amide bonds. The minimum absolute atomic E-state index is 0.00937. The van der Waals surface area contributed by atoms with Crippen molar-refractivity contribution in [2.75, 3.05) is 12.5 Å². The molecule has 0 radical (unpaired) electrons. The van der Waals surface area contributed by atoms with Crippen molar-refractivity contribution in [1.82, 2.24) is 10.3 Å². The molecular formula is C19H18N2O4S2-2. The summed E-state index contributed by atoms with van der Waals surface area (Å²) in [4.78, 5) is 4.54. The van der Waals surface area contributed by atoms with E-state index in [-0.39, 0.29) is 19.8 Å². The summed E-state index contributed by atoms with van der Waals surface area (Å²) in [7, 11) is 0. The zero-order valence-corrected chi connectivity index (χ0v) is 16.1. The molecule has 6 nitrogen and oxygen atoms in total. The number of nitrogens with one attached hydrogen (secondary N) is 1. The minimum atomic E-state index is -2.41. The summed E-state index contributed by atoms with van der Waals surface area (Å²) in [6.07, 6.45) is 0.539. The van der Waals surface area contributed by atoms with Gasteiger partial charge in [-0.1, -0.05) is 36.4 Å². The van der Waals surface area contributed by atoms with Crippen molar-refractivity contribution in [3.8, 4) is 11.5 Å². The van der Waals surface area contributed by atoms with Gasteiger partial charge in [0.05, 0.1) is 10.2 Å². The van der Waals surface area contributed by atoms with Crippen LogP contribution in [0.25, 0.3) is 10.2 Å². The number of nitrogens with zero attached hydrogens (tertiary/aromatic N) is 1. The van der Waals surface area contributed by atoms with Gasteiger partial charge in [-0.05, 0) is 36.2 Å². The summed E-state index contributed by atoms with van der Waals surface area (Å²) in [5.74, 6) is -0.396. The van der Waals surface area contributed by atoms with E-state index in [2.05, 4.69) is 10.3 Å². The van der Waals surface area contributed by atoms with E-state index >= 15 is 0 Å². The number of fused-ring (bicyclic) bond motifs is 2. The van der Waals surface area contributed by atoms with E-state index in [4.69, 9.17) is 9.47 Å². The highest BCUT2D eigenvalue weighted by atomic mass is 32.2. The molecule has 0 fully saturated rings. The fourth-order valence-corrected chi connectivity index (χ4v) is 4.83. The Morgan fingerprint density at radius 1 is 1.15 bits per heavy atom. The number of benzene rings is 2. The first-order valence-electron chi connectivity index (χ1n) is 8.62. The maximum Gasteiger partial charge on any atom is 0.231 e. The molecule has 27 heavy (non-hydrogen) atoms. The monoisotopic (exact) mass is 402 g/mol. The second kappa shape index (κ2) is 8.04. The predicted molar refractivity (Wildman–Crippen MR) is 102 cm³/mol. The van der Waals surface area contributed by atoms with Crippen LogP contribution in [0.1, 0.15) is 18.4 Å². The second-order valence-electron chi connectivity index (χ2n) is 6.19. The Balaban J connectivity index is 1.22. The van der Waals surface area contributed by atoms with E-state index in [0.29, 0.717) is 23.7 Å². The highest BCUT2D eigenvalue weighted by Gasteiger charge is 2.13. The number of para-hydroxylation sites is 1. The van der Waals surface area contributed by atoms with Gasteiger partial charge in [0.1, 0.15) is 0 Å². The first-order chi connectivity index (χ1) is 13.1. The topological polar surface area (TPSA) is 89.5 Å². The molecule has 0 bridgehead atoms. The number of thioether (sulfide) groups is 1. The van der Waals surface area contributed by atoms with Gasteiger partial charge in [-0.3, -0.25) is 0 Å². The van der Waals surface area contributed by atoms with Crippen molar-refractivity contribution in [1.29, 1.82) is 0 Å². The van der Waals surface area contributed by atoms with Crippen LogP contribution in [-0.2, 0) is 6.54 Å². The third kappa shape index (κ3) is 4.72. The molecule has 0 saturated carbocycles. The number of hydrogen-bond donors (Lipinski definition) is 1. The van der Waals surface area contributed by atoms with Crippen LogP contribution in [0, 0.1) is 0 Å². The number of hydrogen-bond acceptors (Lipinski definition) is 8. The molecule has 1 aromatic heterocycles. The van der Waals surface area contributed by atoms with Crippen LogP contribution < -0.4 is 25.0 Å². The molecule has 0 spiro atoms. The smallest absolute Gasteiger partial charge is 0.231 e. The number of ether oxygens (including phenoxy) is 2. The average molecular weight is 402 g/mol. The fraction of sp³-hybridized carbons (Fsp3) is 0.316. The lowest BCUT2D eigenvalue weighted by Crippen LogP contribution is -2.66. The lowest BCUT2D eigenvalue weighted by atomic mass is 10.2. The number of aromatic nitrogens is 1. The van der Waals surface area contributed by atoms with Crippen LogP contribution in [0.4, 0.5) is 0 Å². The largest absolute Gasteiger partial charge is 0.852 e. The molecule has 8 heteroatoms. The van der Waals surface area contributed by atoms with E-state index in [1.54, 1.807) is 35.2 Å². The van der Waals surface area contributed by atoms with Crippen LogP contribution in [0.15, 0.2) is 46.8 Å². The maximum absolute atomic E-state index is 12.1. The van der Waals surface area contributed by atoms with Gasteiger partial charge in [0, 0.05) is 12.3 Å². The fourth-order valence-electron chi connectivity index (χ4n) is 2.75. The predicted octanol–water partition coefficient (Wildman–Crippen LogP) is 2.06. The SMILES string of the molecule is [O-]C([O-])(CCCSc1nc2ccccc2s1)NCc1ccc2c(c1)OCO2. The van der Waals surface area contributed by atoms with E-state index < -0.39 is 5.91 Å². The molecular weight excluding hydrogens is 384 g/mol. The molecule has 2 heterocycles. The third-order valence-corrected chi connectivity index (χ3v) is 6.41. The van der Waals surface area contributed by atoms with E-state index in [1.165, 1.54) is 0 Å². The minimum Gasteiger partial charge on any atom is -0.852 e. The molecule has 0 aliphatic carbocycles. The standard InChI is InChI=1S/C19H18N2O4S2/c22-19(23,20-11-13-6-7-15-16(10-13)25-12-24-15)8-3-9-26-18-21-14-4-1-2-5-17(14)27-18/h1-2,4-7,10,20H,3,8-9,11-12H2/q-2. The normalized spacial score (nSPS) is 13.4. The summed E-state index contributed by atoms with van der Waals surface area (Å²) in [6.45, 7) is 0.403. The summed E-state index contributed by atoms with van der Waals surface area (Å²) >= 11 is 3.22. The molecule has 0 unspecified atom stereocenters. The van der Waals surface area contributed by atoms with Crippen molar-refractivity contribution >= 4 is 33.3 Å². The Kier molecular flexibility index (Phi) is 5.51. The zero-order valence-electron chi connectivity index (χ0n) is 14.5. The maximum atomic E-state index is 12.1. The Bertz CT molecular complexity index is 896. The van der Waals surface area contributed by atoms with E-state index in [9.17, 15) is 10.2 Å². The highest BCUT2D eigenvalue weighted by Crippen LogP contribution is 2.32. The molecule has 142 valence electrons. The molecule has 1 aliphatic heterocycles. The molecule has 0 saturated heterocycles. The Labute approximate surface area is 165 Å². The van der Waals surface area contributed by atoms with Crippen LogP contribution in [-0.4, -0.2) is 23.4 Å². The van der Waals surface area contributed by atoms with Gasteiger partial charge in [0.2, 0.25) is 6.79 Å². The third-order valence-electron chi connectivity index (χ3n) is 4.15. The van der Waals surface area contributed by atoms with Crippen LogP contribution >= 0.6 is 23.1 Å². The van der Waals surface area contributed by atoms with Crippen molar-refractivity contribution in [3.05, 3.63) is 48.0 Å². The molecule has 0 atom stereocenters. The van der Waals surface area contributed by atoms with Gasteiger partial charge in [-0.15, -0.1) is 11.3 Å². The van der Waals surface area contributed by atoms with Crippen LogP contribution in [0.2, 0.25) is 0 Å². The molecule has 2 aromatic carbocycles. The summed E-state index contributed by atoms with van der Waals surface area (Å²) in [5.41, 5.74) is 1.80. The zero-order chi connectivity index (χ0) is 18.7. The second-order valence-corrected chi connectivity index (χ2v) is 8.57. The Hall–Kier alpha value is -1.84. The van der Waals surface area contributed by atoms with Crippen LogP contribution in [0.3, 0.4) is 0 Å². The summed E-state index contributed by atoms with van der Waals surface area (Å²) in [5, 5.41) is 26.8. The van der Waals surface area contributed by atoms with Crippen molar-refractivity contribution in [2.45, 2.75) is 29.6 Å². The average Bonchev–Trinajstić information content (AvgIpc) is 3.29. The van der Waals surface area contributed by atoms with E-state index in [0.717, 1.165) is 20.1 Å². The summed E-state index contributed by atoms with van der Waals surface area (Å²) < 4.78 is 12.7. The molecule has 1 aliphatic rings. The Morgan fingerprint density at radius 3 is 2.89 bits per heavy atom. The highest BCUT2D eigenvalue weighted by molar-refractivity contribution is 8.01. The van der Waals surface area contributed by atoms with Gasteiger partial charge in [0.15, 0.2) is 15.8 Å². The van der Waals surface area contributed by atoms with Gasteiger partial charge in [-0.2, -0.15) is 5.91 Å².